The maximum Gasteiger partial charge on any atom is 0.160 e. The van der Waals surface area contributed by atoms with Gasteiger partial charge >= 0.3 is 0 Å². The number of methoxy groups -OCH3 is 1. The number of nitrogens with one attached hydrogen (secondary N) is 1. The van der Waals surface area contributed by atoms with Gasteiger partial charge in [0.05, 0.1) is 5.69 Å². The number of nitrogens with zero attached hydrogens (tertiary/aromatic N) is 2. The summed E-state index contributed by atoms with van der Waals surface area (Å²) in [6, 6.07) is 0. The van der Waals surface area contributed by atoms with Gasteiger partial charge in [-0.1, -0.05) is 13.3 Å². The molecule has 0 unspecified atom stereocenters. The zero-order chi connectivity index (χ0) is 13.2. The summed E-state index contributed by atoms with van der Waals surface area (Å²) in [5.74, 6) is 0.814. The molecular weight excluding hydrogens is 226 g/mol. The normalized spacial score (nSPS) is 15.6. The van der Waals surface area contributed by atoms with Gasteiger partial charge in [0.1, 0.15) is 5.60 Å². The third-order valence-corrected chi connectivity index (χ3v) is 3.55. The van der Waals surface area contributed by atoms with Crippen LogP contribution in [0.15, 0.2) is 0 Å². The molecule has 2 rings (SSSR count). The summed E-state index contributed by atoms with van der Waals surface area (Å²) in [5, 5.41) is 3.40. The second-order valence-corrected chi connectivity index (χ2v) is 5.31. The van der Waals surface area contributed by atoms with Crippen molar-refractivity contribution in [3.8, 4) is 0 Å². The Labute approximate surface area is 109 Å². The molecule has 1 aliphatic heterocycles. The third-order valence-electron chi connectivity index (χ3n) is 3.55. The van der Waals surface area contributed by atoms with Crippen LogP contribution in [0.3, 0.4) is 0 Å². The van der Waals surface area contributed by atoms with Crippen LogP contribution in [0.4, 0.5) is 0 Å². The number of aromatic nitrogens is 2. The smallest absolute Gasteiger partial charge is 0.160 e. The average molecular weight is 249 g/mol. The fourth-order valence-corrected chi connectivity index (χ4v) is 2.22. The predicted octanol–water partition coefficient (Wildman–Crippen LogP) is 1.96. The highest BCUT2D eigenvalue weighted by atomic mass is 16.5. The van der Waals surface area contributed by atoms with E-state index < -0.39 is 5.60 Å². The number of hydrogen-bond donors (Lipinski definition) is 1. The minimum atomic E-state index is -0.414. The molecule has 0 saturated carbocycles. The third kappa shape index (κ3) is 2.54. The number of rotatable bonds is 4. The maximum absolute atomic E-state index is 5.51. The van der Waals surface area contributed by atoms with Gasteiger partial charge in [0.15, 0.2) is 5.82 Å². The predicted molar refractivity (Wildman–Crippen MR) is 71.5 cm³/mol. The number of fused-ring (bicyclic) bond motifs is 1. The first-order valence-electron chi connectivity index (χ1n) is 6.73. The van der Waals surface area contributed by atoms with Crippen molar-refractivity contribution in [2.24, 2.45) is 0 Å². The van der Waals surface area contributed by atoms with Gasteiger partial charge < -0.3 is 10.1 Å². The van der Waals surface area contributed by atoms with Crippen molar-refractivity contribution in [3.05, 3.63) is 22.8 Å². The van der Waals surface area contributed by atoms with Gasteiger partial charge in [0, 0.05) is 37.9 Å². The van der Waals surface area contributed by atoms with Gasteiger partial charge in [-0.25, -0.2) is 9.97 Å². The zero-order valence-corrected chi connectivity index (χ0v) is 11.8. The Kier molecular flexibility index (Phi) is 3.97. The monoisotopic (exact) mass is 249 g/mol. The quantitative estimate of drug-likeness (QED) is 0.886. The topological polar surface area (TPSA) is 47.0 Å². The molecule has 1 aromatic heterocycles. The van der Waals surface area contributed by atoms with E-state index in [1.165, 1.54) is 17.0 Å². The van der Waals surface area contributed by atoms with E-state index in [0.717, 1.165) is 38.2 Å². The highest BCUT2D eigenvalue weighted by Gasteiger charge is 2.26. The van der Waals surface area contributed by atoms with Crippen LogP contribution >= 0.6 is 0 Å². The first kappa shape index (κ1) is 13.4. The Morgan fingerprint density at radius 1 is 1.33 bits per heavy atom. The maximum atomic E-state index is 5.51. The first-order valence-corrected chi connectivity index (χ1v) is 6.73. The minimum Gasteiger partial charge on any atom is -0.371 e. The molecule has 0 fully saturated rings. The molecule has 0 aliphatic carbocycles. The van der Waals surface area contributed by atoms with Crippen LogP contribution in [-0.2, 0) is 29.7 Å². The summed E-state index contributed by atoms with van der Waals surface area (Å²) in [6.07, 6.45) is 3.11. The molecule has 4 nitrogen and oxygen atoms in total. The van der Waals surface area contributed by atoms with E-state index in [0.29, 0.717) is 0 Å². The SMILES string of the molecule is CCCc1nc(C(C)(C)OC)nc2c1CNCC2. The van der Waals surface area contributed by atoms with Crippen LogP contribution in [0.1, 0.15) is 50.0 Å². The van der Waals surface area contributed by atoms with E-state index in [1.807, 2.05) is 13.8 Å². The van der Waals surface area contributed by atoms with E-state index in [9.17, 15) is 0 Å². The summed E-state index contributed by atoms with van der Waals surface area (Å²) < 4.78 is 5.51. The summed E-state index contributed by atoms with van der Waals surface area (Å²) in [4.78, 5) is 9.46. The molecule has 0 radical (unpaired) electrons. The molecule has 0 amide bonds. The molecule has 0 bridgehead atoms. The van der Waals surface area contributed by atoms with Crippen LogP contribution < -0.4 is 5.32 Å². The van der Waals surface area contributed by atoms with Gasteiger partial charge in [-0.2, -0.15) is 0 Å². The highest BCUT2D eigenvalue weighted by molar-refractivity contribution is 5.29. The average Bonchev–Trinajstić information content (AvgIpc) is 2.39. The lowest BCUT2D eigenvalue weighted by Crippen LogP contribution is -2.30. The lowest BCUT2D eigenvalue weighted by molar-refractivity contribution is 0.0110. The lowest BCUT2D eigenvalue weighted by Gasteiger charge is -2.26. The Balaban J connectivity index is 2.47. The van der Waals surface area contributed by atoms with Crippen LogP contribution in [0.25, 0.3) is 0 Å². The molecule has 4 heteroatoms. The Morgan fingerprint density at radius 2 is 2.11 bits per heavy atom. The largest absolute Gasteiger partial charge is 0.371 e. The molecule has 0 atom stereocenters. The van der Waals surface area contributed by atoms with Crippen LogP contribution in [0.5, 0.6) is 0 Å². The van der Waals surface area contributed by atoms with Crippen molar-refractivity contribution in [1.82, 2.24) is 15.3 Å². The standard InChI is InChI=1S/C14H23N3O/c1-5-6-11-10-9-15-8-7-12(10)17-13(16-11)14(2,3)18-4/h15H,5-9H2,1-4H3. The summed E-state index contributed by atoms with van der Waals surface area (Å²) in [5.41, 5.74) is 3.28. The van der Waals surface area contributed by atoms with Crippen molar-refractivity contribution in [2.75, 3.05) is 13.7 Å². The molecular formula is C14H23N3O. The molecule has 0 aromatic carbocycles. The molecule has 1 N–H and O–H groups in total. The van der Waals surface area contributed by atoms with E-state index in [-0.39, 0.29) is 0 Å². The molecule has 100 valence electrons. The molecule has 0 saturated heterocycles. The van der Waals surface area contributed by atoms with Gasteiger partial charge in [-0.15, -0.1) is 0 Å². The summed E-state index contributed by atoms with van der Waals surface area (Å²) in [7, 11) is 1.71. The Bertz CT molecular complexity index is 429. The Morgan fingerprint density at radius 3 is 2.78 bits per heavy atom. The van der Waals surface area contributed by atoms with Crippen LogP contribution in [0, 0.1) is 0 Å². The van der Waals surface area contributed by atoms with Crippen molar-refractivity contribution < 1.29 is 4.74 Å². The van der Waals surface area contributed by atoms with Gasteiger partial charge in [0.2, 0.25) is 0 Å². The van der Waals surface area contributed by atoms with Gasteiger partial charge in [-0.05, 0) is 20.3 Å². The molecule has 0 spiro atoms. The molecule has 1 aromatic rings. The Hall–Kier alpha value is -1.00. The summed E-state index contributed by atoms with van der Waals surface area (Å²) >= 11 is 0. The number of aryl methyl sites for hydroxylation is 1. The molecule has 18 heavy (non-hydrogen) atoms. The van der Waals surface area contributed by atoms with Gasteiger partial charge in [0.25, 0.3) is 0 Å². The van der Waals surface area contributed by atoms with E-state index in [1.54, 1.807) is 7.11 Å². The van der Waals surface area contributed by atoms with E-state index in [2.05, 4.69) is 12.2 Å². The van der Waals surface area contributed by atoms with Crippen LogP contribution in [0.2, 0.25) is 0 Å². The zero-order valence-electron chi connectivity index (χ0n) is 11.8. The van der Waals surface area contributed by atoms with E-state index in [4.69, 9.17) is 14.7 Å². The fraction of sp³-hybridized carbons (Fsp3) is 0.714. The summed E-state index contributed by atoms with van der Waals surface area (Å²) in [6.45, 7) is 8.13. The van der Waals surface area contributed by atoms with Crippen LogP contribution in [-0.4, -0.2) is 23.6 Å². The fourth-order valence-electron chi connectivity index (χ4n) is 2.22. The lowest BCUT2D eigenvalue weighted by atomic mass is 10.0. The van der Waals surface area contributed by atoms with Crippen molar-refractivity contribution >= 4 is 0 Å². The first-order chi connectivity index (χ1) is 8.58. The highest BCUT2D eigenvalue weighted by Crippen LogP contribution is 2.24. The van der Waals surface area contributed by atoms with E-state index >= 15 is 0 Å². The van der Waals surface area contributed by atoms with Crippen molar-refractivity contribution in [3.63, 3.8) is 0 Å². The number of hydrogen-bond acceptors (Lipinski definition) is 4. The molecule has 2 heterocycles. The van der Waals surface area contributed by atoms with Gasteiger partial charge in [-0.3, -0.25) is 0 Å². The molecule has 1 aliphatic rings. The minimum absolute atomic E-state index is 0.414. The second kappa shape index (κ2) is 5.33. The van der Waals surface area contributed by atoms with Crippen molar-refractivity contribution in [2.45, 2.75) is 52.2 Å². The number of ether oxygens (including phenoxy) is 1. The second-order valence-electron chi connectivity index (χ2n) is 5.31. The van der Waals surface area contributed by atoms with Crippen molar-refractivity contribution in [1.29, 1.82) is 0 Å².